The van der Waals surface area contributed by atoms with E-state index in [1.165, 1.54) is 17.2 Å². The van der Waals surface area contributed by atoms with E-state index in [0.29, 0.717) is 4.60 Å². The number of amides is 2. The van der Waals surface area contributed by atoms with Gasteiger partial charge < -0.3 is 20.1 Å². The van der Waals surface area contributed by atoms with Gasteiger partial charge in [-0.3, -0.25) is 4.79 Å². The zero-order chi connectivity index (χ0) is 18.8. The number of ether oxygens (including phenoxy) is 2. The molecule has 1 aromatic heterocycles. The molecule has 2 rings (SSSR count). The van der Waals surface area contributed by atoms with Crippen LogP contribution < -0.4 is 10.5 Å². The highest BCUT2D eigenvalue weighted by Gasteiger charge is 2.35. The molecule has 0 spiro atoms. The second kappa shape index (κ2) is 7.55. The molecule has 0 aromatic carbocycles. The van der Waals surface area contributed by atoms with Crippen LogP contribution in [-0.2, 0) is 4.74 Å². The highest BCUT2D eigenvalue weighted by atomic mass is 79.9. The standard InChI is InChI=1S/C16H21BrFN3O4/c1-16(2,3)25-15(23)21-5-4-11(10(18)8-21)24-12-7-20-13(17)6-9(12)14(19)22/h6-7,10-11H,4-5,8H2,1-3H3,(H2,19,22)/t10-,11-/m0/s1. The minimum atomic E-state index is -1.43. The Morgan fingerprint density at radius 1 is 1.44 bits per heavy atom. The first-order chi connectivity index (χ1) is 11.6. The number of piperidine rings is 1. The Bertz CT molecular complexity index is 665. The average Bonchev–Trinajstić information content (AvgIpc) is 2.48. The summed E-state index contributed by atoms with van der Waals surface area (Å²) in [6.07, 6.45) is -1.21. The molecule has 1 aliphatic heterocycles. The van der Waals surface area contributed by atoms with Crippen LogP contribution in [0.25, 0.3) is 0 Å². The molecule has 0 aliphatic carbocycles. The molecule has 138 valence electrons. The predicted molar refractivity (Wildman–Crippen MR) is 92.2 cm³/mol. The third-order valence-electron chi connectivity index (χ3n) is 3.51. The van der Waals surface area contributed by atoms with Crippen molar-refractivity contribution in [3.8, 4) is 5.75 Å². The zero-order valence-electron chi connectivity index (χ0n) is 14.3. The van der Waals surface area contributed by atoms with Crippen molar-refractivity contribution in [2.75, 3.05) is 13.1 Å². The Labute approximate surface area is 153 Å². The van der Waals surface area contributed by atoms with E-state index in [0.717, 1.165) is 0 Å². The first-order valence-corrected chi connectivity index (χ1v) is 8.60. The van der Waals surface area contributed by atoms with Gasteiger partial charge in [0.05, 0.1) is 18.3 Å². The van der Waals surface area contributed by atoms with E-state index in [1.807, 2.05) is 0 Å². The van der Waals surface area contributed by atoms with Gasteiger partial charge in [0.2, 0.25) is 0 Å². The minimum Gasteiger partial charge on any atom is -0.485 e. The lowest BCUT2D eigenvalue weighted by molar-refractivity contribution is -0.0107. The number of likely N-dealkylation sites (tertiary alicyclic amines) is 1. The van der Waals surface area contributed by atoms with E-state index in [4.69, 9.17) is 15.2 Å². The maximum atomic E-state index is 14.5. The summed E-state index contributed by atoms with van der Waals surface area (Å²) in [6.45, 7) is 5.39. The molecular formula is C16H21BrFN3O4. The second-order valence-corrected chi connectivity index (χ2v) is 7.57. The number of carbonyl (C=O) groups is 2. The number of nitrogens with two attached hydrogens (primary N) is 1. The third kappa shape index (κ3) is 5.29. The number of aromatic nitrogens is 1. The molecule has 1 saturated heterocycles. The molecule has 0 unspecified atom stereocenters. The number of pyridine rings is 1. The van der Waals surface area contributed by atoms with E-state index < -0.39 is 29.9 Å². The van der Waals surface area contributed by atoms with Crippen LogP contribution in [0.5, 0.6) is 5.75 Å². The fraction of sp³-hybridized carbons (Fsp3) is 0.562. The Kier molecular flexibility index (Phi) is 5.87. The van der Waals surface area contributed by atoms with E-state index in [-0.39, 0.29) is 30.8 Å². The van der Waals surface area contributed by atoms with Crippen LogP contribution in [0.3, 0.4) is 0 Å². The number of primary amides is 1. The molecule has 0 bridgehead atoms. The van der Waals surface area contributed by atoms with Crippen molar-refractivity contribution in [1.82, 2.24) is 9.88 Å². The molecule has 2 amide bonds. The lowest BCUT2D eigenvalue weighted by Gasteiger charge is -2.35. The number of alkyl halides is 1. The van der Waals surface area contributed by atoms with E-state index in [1.54, 1.807) is 20.8 Å². The van der Waals surface area contributed by atoms with Gasteiger partial charge in [0.15, 0.2) is 11.9 Å². The van der Waals surface area contributed by atoms with E-state index in [2.05, 4.69) is 20.9 Å². The topological polar surface area (TPSA) is 94.8 Å². The van der Waals surface area contributed by atoms with E-state index >= 15 is 0 Å². The van der Waals surface area contributed by atoms with Crippen LogP contribution in [-0.4, -0.2) is 52.9 Å². The molecule has 0 saturated carbocycles. The monoisotopic (exact) mass is 417 g/mol. The summed E-state index contributed by atoms with van der Waals surface area (Å²) in [6, 6.07) is 1.42. The van der Waals surface area contributed by atoms with Gasteiger partial charge in [-0.1, -0.05) is 0 Å². The van der Waals surface area contributed by atoms with Crippen molar-refractivity contribution in [1.29, 1.82) is 0 Å². The molecule has 1 fully saturated rings. The fourth-order valence-electron chi connectivity index (χ4n) is 2.38. The van der Waals surface area contributed by atoms with Crippen LogP contribution >= 0.6 is 15.9 Å². The van der Waals surface area contributed by atoms with Crippen molar-refractivity contribution in [2.24, 2.45) is 5.73 Å². The van der Waals surface area contributed by atoms with Gasteiger partial charge in [0.25, 0.3) is 5.91 Å². The Balaban J connectivity index is 2.03. The molecule has 2 N–H and O–H groups in total. The summed E-state index contributed by atoms with van der Waals surface area (Å²) in [5, 5.41) is 0. The number of nitrogens with zero attached hydrogens (tertiary/aromatic N) is 2. The maximum absolute atomic E-state index is 14.5. The highest BCUT2D eigenvalue weighted by molar-refractivity contribution is 9.10. The Morgan fingerprint density at radius 2 is 2.12 bits per heavy atom. The number of hydrogen-bond acceptors (Lipinski definition) is 5. The number of carbonyl (C=O) groups excluding carboxylic acids is 2. The molecule has 2 heterocycles. The average molecular weight is 418 g/mol. The Hall–Kier alpha value is -1.90. The maximum Gasteiger partial charge on any atom is 0.410 e. The molecule has 25 heavy (non-hydrogen) atoms. The van der Waals surface area contributed by atoms with Gasteiger partial charge in [-0.15, -0.1) is 0 Å². The molecule has 1 aliphatic rings. The third-order valence-corrected chi connectivity index (χ3v) is 3.94. The van der Waals surface area contributed by atoms with Gasteiger partial charge in [0, 0.05) is 13.0 Å². The highest BCUT2D eigenvalue weighted by Crippen LogP contribution is 2.26. The van der Waals surface area contributed by atoms with Crippen LogP contribution in [0, 0.1) is 0 Å². The van der Waals surface area contributed by atoms with Crippen LogP contribution in [0.4, 0.5) is 9.18 Å². The van der Waals surface area contributed by atoms with Gasteiger partial charge in [-0.05, 0) is 42.8 Å². The lowest BCUT2D eigenvalue weighted by Crippen LogP contribution is -2.50. The second-order valence-electron chi connectivity index (χ2n) is 6.75. The van der Waals surface area contributed by atoms with Crippen molar-refractivity contribution in [3.05, 3.63) is 22.4 Å². The molecule has 1 aromatic rings. The first kappa shape index (κ1) is 19.4. The first-order valence-electron chi connectivity index (χ1n) is 7.81. The largest absolute Gasteiger partial charge is 0.485 e. The fourth-order valence-corrected chi connectivity index (χ4v) is 2.71. The molecule has 2 atom stereocenters. The van der Waals surface area contributed by atoms with Crippen LogP contribution in [0.2, 0.25) is 0 Å². The van der Waals surface area contributed by atoms with Crippen LogP contribution in [0.15, 0.2) is 16.9 Å². The molecule has 0 radical (unpaired) electrons. The van der Waals surface area contributed by atoms with Crippen molar-refractivity contribution in [3.63, 3.8) is 0 Å². The number of hydrogen-bond donors (Lipinski definition) is 1. The minimum absolute atomic E-state index is 0.114. The number of halogens is 2. The smallest absolute Gasteiger partial charge is 0.410 e. The predicted octanol–water partition coefficient (Wildman–Crippen LogP) is 2.67. The Morgan fingerprint density at radius 3 is 2.68 bits per heavy atom. The molecule has 9 heteroatoms. The zero-order valence-corrected chi connectivity index (χ0v) is 15.9. The summed E-state index contributed by atoms with van der Waals surface area (Å²) in [7, 11) is 0. The van der Waals surface area contributed by atoms with Crippen LogP contribution in [0.1, 0.15) is 37.6 Å². The van der Waals surface area contributed by atoms with Gasteiger partial charge in [-0.2, -0.15) is 0 Å². The van der Waals surface area contributed by atoms with Crippen molar-refractivity contribution >= 4 is 27.9 Å². The summed E-state index contributed by atoms with van der Waals surface area (Å²) in [5.41, 5.74) is 4.78. The van der Waals surface area contributed by atoms with Crippen molar-refractivity contribution < 1.29 is 23.5 Å². The van der Waals surface area contributed by atoms with E-state index in [9.17, 15) is 14.0 Å². The van der Waals surface area contributed by atoms with Crippen molar-refractivity contribution in [2.45, 2.75) is 45.1 Å². The summed E-state index contributed by atoms with van der Waals surface area (Å²) in [4.78, 5) is 28.8. The van der Waals surface area contributed by atoms with Gasteiger partial charge in [0.1, 0.15) is 16.3 Å². The normalized spacial score (nSPS) is 20.9. The molecule has 7 nitrogen and oxygen atoms in total. The summed E-state index contributed by atoms with van der Waals surface area (Å²) < 4.78 is 25.7. The summed E-state index contributed by atoms with van der Waals surface area (Å²) in [5.74, 6) is -0.575. The number of rotatable bonds is 3. The quantitative estimate of drug-likeness (QED) is 0.762. The molecular weight excluding hydrogens is 397 g/mol. The van der Waals surface area contributed by atoms with Gasteiger partial charge in [-0.25, -0.2) is 14.2 Å². The van der Waals surface area contributed by atoms with Gasteiger partial charge >= 0.3 is 6.09 Å². The SMILES string of the molecule is CC(C)(C)OC(=O)N1CC[C@H](Oc2cnc(Br)cc2C(N)=O)[C@@H](F)C1. The summed E-state index contributed by atoms with van der Waals surface area (Å²) >= 11 is 3.14. The lowest BCUT2D eigenvalue weighted by atomic mass is 10.1.